The van der Waals surface area contributed by atoms with E-state index in [1.165, 1.54) is 12.1 Å². The van der Waals surface area contributed by atoms with Gasteiger partial charge in [0.05, 0.1) is 10.2 Å². The third-order valence-corrected chi connectivity index (χ3v) is 3.29. The average molecular weight is 363 g/mol. The number of aryl methyl sites for hydroxylation is 1. The summed E-state index contributed by atoms with van der Waals surface area (Å²) in [7, 11) is 0. The summed E-state index contributed by atoms with van der Waals surface area (Å²) in [6.07, 6.45) is 1.54. The fourth-order valence-corrected chi connectivity index (χ4v) is 2.16. The number of rotatable bonds is 4. The van der Waals surface area contributed by atoms with E-state index < -0.39 is 11.6 Å². The Labute approximate surface area is 128 Å². The van der Waals surface area contributed by atoms with Crippen LogP contribution >= 0.6 is 27.5 Å². The van der Waals surface area contributed by atoms with Crippen molar-refractivity contribution in [3.8, 4) is 0 Å². The summed E-state index contributed by atoms with van der Waals surface area (Å²) < 4.78 is 27.0. The van der Waals surface area contributed by atoms with Gasteiger partial charge >= 0.3 is 0 Å². The Morgan fingerprint density at radius 2 is 1.95 bits per heavy atom. The topological polar surface area (TPSA) is 37.8 Å². The van der Waals surface area contributed by atoms with Crippen LogP contribution in [-0.4, -0.2) is 9.97 Å². The van der Waals surface area contributed by atoms with E-state index in [9.17, 15) is 8.78 Å². The lowest BCUT2D eigenvalue weighted by Crippen LogP contribution is -2.02. The molecule has 0 saturated carbocycles. The van der Waals surface area contributed by atoms with E-state index in [0.717, 1.165) is 12.5 Å². The van der Waals surface area contributed by atoms with Crippen molar-refractivity contribution < 1.29 is 8.78 Å². The second-order valence-corrected chi connectivity index (χ2v) is 5.35. The third-order valence-electron chi connectivity index (χ3n) is 2.49. The van der Waals surface area contributed by atoms with E-state index in [0.29, 0.717) is 18.1 Å². The zero-order valence-corrected chi connectivity index (χ0v) is 12.9. The van der Waals surface area contributed by atoms with Crippen molar-refractivity contribution in [3.05, 3.63) is 45.3 Å². The minimum absolute atomic E-state index is 0.107. The molecule has 0 saturated heterocycles. The van der Waals surface area contributed by atoms with Crippen LogP contribution in [0.2, 0.25) is 5.15 Å². The van der Waals surface area contributed by atoms with Crippen molar-refractivity contribution in [2.24, 2.45) is 0 Å². The van der Waals surface area contributed by atoms with Crippen LogP contribution < -0.4 is 5.32 Å². The Hall–Kier alpha value is -1.27. The number of nitrogens with one attached hydrogen (secondary N) is 1. The van der Waals surface area contributed by atoms with Gasteiger partial charge in [0.25, 0.3) is 0 Å². The summed E-state index contributed by atoms with van der Waals surface area (Å²) in [6, 6.07) is 3.58. The molecular formula is C13H11BrClF2N3. The second-order valence-electron chi connectivity index (χ2n) is 4.11. The van der Waals surface area contributed by atoms with Gasteiger partial charge in [0.2, 0.25) is 0 Å². The van der Waals surface area contributed by atoms with Gasteiger partial charge in [0, 0.05) is 18.6 Å². The molecule has 106 valence electrons. The molecule has 3 nitrogen and oxygen atoms in total. The van der Waals surface area contributed by atoms with Gasteiger partial charge in [-0.05, 0) is 28.4 Å². The molecule has 0 unspecified atom stereocenters. The summed E-state index contributed by atoms with van der Waals surface area (Å²) in [5, 5.41) is 3.04. The fraction of sp³-hybridized carbons (Fsp3) is 0.231. The number of benzene rings is 1. The zero-order valence-electron chi connectivity index (χ0n) is 10.6. The predicted molar refractivity (Wildman–Crippen MR) is 78.4 cm³/mol. The summed E-state index contributed by atoms with van der Waals surface area (Å²) in [5.74, 6) is -0.437. The molecule has 0 bridgehead atoms. The van der Waals surface area contributed by atoms with Gasteiger partial charge in [0.1, 0.15) is 28.4 Å². The monoisotopic (exact) mass is 361 g/mol. The maximum absolute atomic E-state index is 13.7. The molecule has 1 aromatic heterocycles. The van der Waals surface area contributed by atoms with Crippen molar-refractivity contribution in [3.63, 3.8) is 0 Å². The van der Waals surface area contributed by atoms with Gasteiger partial charge in [-0.15, -0.1) is 0 Å². The molecule has 20 heavy (non-hydrogen) atoms. The van der Waals surface area contributed by atoms with Crippen LogP contribution in [0.3, 0.4) is 0 Å². The first-order valence-corrected chi connectivity index (χ1v) is 7.11. The molecule has 0 aliphatic rings. The lowest BCUT2D eigenvalue weighted by Gasteiger charge is -2.09. The van der Waals surface area contributed by atoms with E-state index in [1.807, 2.05) is 6.92 Å². The van der Waals surface area contributed by atoms with Crippen molar-refractivity contribution in [1.82, 2.24) is 9.97 Å². The Kier molecular flexibility index (Phi) is 4.88. The Balaban J connectivity index is 2.32. The molecular weight excluding hydrogens is 352 g/mol. The first-order chi connectivity index (χ1) is 9.49. The van der Waals surface area contributed by atoms with Crippen LogP contribution in [0.15, 0.2) is 22.7 Å². The first kappa shape index (κ1) is 15.1. The molecule has 0 amide bonds. The highest BCUT2D eigenvalue weighted by atomic mass is 79.9. The van der Waals surface area contributed by atoms with E-state index >= 15 is 0 Å². The van der Waals surface area contributed by atoms with Crippen molar-refractivity contribution >= 4 is 39.0 Å². The third kappa shape index (κ3) is 3.64. The van der Waals surface area contributed by atoms with Crippen LogP contribution in [-0.2, 0) is 6.42 Å². The van der Waals surface area contributed by atoms with Crippen LogP contribution in [0.5, 0.6) is 0 Å². The molecule has 0 atom stereocenters. The highest BCUT2D eigenvalue weighted by Gasteiger charge is 2.10. The lowest BCUT2D eigenvalue weighted by molar-refractivity contribution is 0.581. The van der Waals surface area contributed by atoms with Crippen molar-refractivity contribution in [2.75, 3.05) is 5.32 Å². The van der Waals surface area contributed by atoms with Gasteiger partial charge < -0.3 is 5.32 Å². The molecule has 0 radical (unpaired) electrons. The number of halogens is 4. The largest absolute Gasteiger partial charge is 0.338 e. The van der Waals surface area contributed by atoms with Crippen molar-refractivity contribution in [1.29, 1.82) is 0 Å². The number of hydrogen-bond acceptors (Lipinski definition) is 3. The van der Waals surface area contributed by atoms with Gasteiger partial charge in [0.15, 0.2) is 0 Å². The Bertz CT molecular complexity index is 637. The average Bonchev–Trinajstić information content (AvgIpc) is 2.35. The number of anilines is 2. The van der Waals surface area contributed by atoms with Crippen LogP contribution in [0, 0.1) is 11.6 Å². The van der Waals surface area contributed by atoms with Crippen LogP contribution in [0.25, 0.3) is 0 Å². The number of nitrogens with zero attached hydrogens (tertiary/aromatic N) is 2. The maximum atomic E-state index is 13.7. The van der Waals surface area contributed by atoms with Crippen molar-refractivity contribution in [2.45, 2.75) is 19.8 Å². The Morgan fingerprint density at radius 1 is 1.20 bits per heavy atom. The van der Waals surface area contributed by atoms with Gasteiger partial charge in [-0.1, -0.05) is 18.5 Å². The van der Waals surface area contributed by atoms with Gasteiger partial charge in [-0.2, -0.15) is 0 Å². The van der Waals surface area contributed by atoms with Crippen LogP contribution in [0.1, 0.15) is 19.2 Å². The molecule has 2 aromatic rings. The second kappa shape index (κ2) is 6.45. The minimum atomic E-state index is -0.711. The molecule has 1 N–H and O–H groups in total. The fourth-order valence-electron chi connectivity index (χ4n) is 1.62. The van der Waals surface area contributed by atoms with E-state index in [4.69, 9.17) is 11.6 Å². The predicted octanol–water partition coefficient (Wildman–Crippen LogP) is 4.87. The highest BCUT2D eigenvalue weighted by Crippen LogP contribution is 2.26. The minimum Gasteiger partial charge on any atom is -0.338 e. The SMILES string of the molecule is CCCc1nc(Cl)cc(Nc2cc(Br)c(F)cc2F)n1. The normalized spacial score (nSPS) is 10.7. The standard InChI is InChI=1S/C13H11BrClF2N3/c1-2-3-12-19-11(15)6-13(20-12)18-10-4-7(14)8(16)5-9(10)17/h4-6H,2-3H2,1H3,(H,18,19,20). The molecule has 0 fully saturated rings. The van der Waals surface area contributed by atoms with Gasteiger partial charge in [-0.3, -0.25) is 0 Å². The zero-order chi connectivity index (χ0) is 14.7. The molecule has 7 heteroatoms. The Morgan fingerprint density at radius 3 is 2.65 bits per heavy atom. The molecule has 0 aliphatic carbocycles. The van der Waals surface area contributed by atoms with E-state index in [-0.39, 0.29) is 15.3 Å². The van der Waals surface area contributed by atoms with Crippen LogP contribution in [0.4, 0.5) is 20.3 Å². The summed E-state index contributed by atoms with van der Waals surface area (Å²) in [4.78, 5) is 8.30. The van der Waals surface area contributed by atoms with Gasteiger partial charge in [-0.25, -0.2) is 18.7 Å². The molecule has 0 aliphatic heterocycles. The molecule has 0 spiro atoms. The highest BCUT2D eigenvalue weighted by molar-refractivity contribution is 9.10. The summed E-state index contributed by atoms with van der Waals surface area (Å²) in [6.45, 7) is 1.99. The van der Waals surface area contributed by atoms with E-state index in [1.54, 1.807) is 0 Å². The molecule has 1 heterocycles. The lowest BCUT2D eigenvalue weighted by atomic mass is 10.3. The molecule has 2 rings (SSSR count). The summed E-state index contributed by atoms with van der Waals surface area (Å²) in [5.41, 5.74) is 0.107. The molecule has 1 aromatic carbocycles. The quantitative estimate of drug-likeness (QED) is 0.623. The summed E-state index contributed by atoms with van der Waals surface area (Å²) >= 11 is 8.90. The number of aromatic nitrogens is 2. The smallest absolute Gasteiger partial charge is 0.149 e. The maximum Gasteiger partial charge on any atom is 0.149 e. The van der Waals surface area contributed by atoms with E-state index in [2.05, 4.69) is 31.2 Å². The first-order valence-electron chi connectivity index (χ1n) is 5.94. The number of hydrogen-bond donors (Lipinski definition) is 1.